The van der Waals surface area contributed by atoms with Crippen LogP contribution >= 0.6 is 23.5 Å². The molecule has 0 radical (unpaired) electrons. The average molecular weight is 273 g/mol. The molecule has 0 saturated carbocycles. The Kier molecular flexibility index (Phi) is 5.35. The number of hydrogen-bond donors (Lipinski definition) is 3. The molecule has 1 rings (SSSR count). The third-order valence-corrected chi connectivity index (χ3v) is 4.08. The Labute approximate surface area is 111 Å². The molecule has 0 fully saturated rings. The van der Waals surface area contributed by atoms with Gasteiger partial charge in [-0.05, 0) is 26.4 Å². The number of nitrogens with one attached hydrogen (secondary N) is 2. The van der Waals surface area contributed by atoms with E-state index < -0.39 is 0 Å². The Balaban J connectivity index is 2.76. The van der Waals surface area contributed by atoms with Crippen LogP contribution in [0.3, 0.4) is 0 Å². The normalized spacial score (nSPS) is 11.4. The van der Waals surface area contributed by atoms with Gasteiger partial charge >= 0.3 is 0 Å². The molecule has 0 saturated heterocycles. The lowest BCUT2D eigenvalue weighted by Gasteiger charge is -2.22. The Bertz CT molecular complexity index is 347. The third-order valence-electron chi connectivity index (χ3n) is 2.28. The predicted molar refractivity (Wildman–Crippen MR) is 77.7 cm³/mol. The number of nitrogens with zero attached hydrogens (tertiary/aromatic N) is 2. The van der Waals surface area contributed by atoms with Gasteiger partial charge in [-0.25, -0.2) is 15.8 Å². The summed E-state index contributed by atoms with van der Waals surface area (Å²) in [6.45, 7) is 5.20. The second-order valence-corrected chi connectivity index (χ2v) is 6.37. The maximum absolute atomic E-state index is 5.37. The molecule has 17 heavy (non-hydrogen) atoms. The Hall–Kier alpha value is -0.660. The summed E-state index contributed by atoms with van der Waals surface area (Å²) in [7, 11) is 0. The van der Waals surface area contributed by atoms with Crippen LogP contribution in [0.4, 0.5) is 11.6 Å². The number of thioether (sulfide) groups is 2. The molecule has 96 valence electrons. The number of aromatic nitrogens is 2. The summed E-state index contributed by atoms with van der Waals surface area (Å²) in [6.07, 6.45) is 4.03. The van der Waals surface area contributed by atoms with E-state index in [1.165, 1.54) is 11.8 Å². The summed E-state index contributed by atoms with van der Waals surface area (Å²) >= 11 is 3.30. The lowest BCUT2D eigenvalue weighted by Crippen LogP contribution is -2.26. The maximum atomic E-state index is 5.37. The van der Waals surface area contributed by atoms with Crippen molar-refractivity contribution in [1.29, 1.82) is 0 Å². The first-order chi connectivity index (χ1) is 8.00. The molecule has 1 aromatic rings. The molecule has 0 aliphatic rings. The van der Waals surface area contributed by atoms with Crippen LogP contribution in [0.15, 0.2) is 11.2 Å². The molecule has 1 aromatic heterocycles. The molecule has 0 bridgehead atoms. The number of nitrogens with two attached hydrogens (primary N) is 1. The van der Waals surface area contributed by atoms with Gasteiger partial charge in [0.15, 0.2) is 5.16 Å². The van der Waals surface area contributed by atoms with Crippen molar-refractivity contribution in [1.82, 2.24) is 9.97 Å². The van der Waals surface area contributed by atoms with E-state index >= 15 is 0 Å². The molecule has 0 aliphatic heterocycles. The van der Waals surface area contributed by atoms with Crippen molar-refractivity contribution < 1.29 is 0 Å². The molecule has 0 atom stereocenters. The number of anilines is 2. The van der Waals surface area contributed by atoms with Crippen LogP contribution in [0.1, 0.15) is 13.8 Å². The van der Waals surface area contributed by atoms with Gasteiger partial charge < -0.3 is 10.7 Å². The molecule has 0 unspecified atom stereocenters. The average Bonchev–Trinajstić information content (AvgIpc) is 2.36. The zero-order valence-corrected chi connectivity index (χ0v) is 12.2. The first-order valence-electron chi connectivity index (χ1n) is 5.19. The fraction of sp³-hybridized carbons (Fsp3) is 0.600. The molecule has 5 nitrogen and oxygen atoms in total. The van der Waals surface area contributed by atoms with Crippen LogP contribution in [0, 0.1) is 0 Å². The minimum absolute atomic E-state index is 0.167. The summed E-state index contributed by atoms with van der Waals surface area (Å²) in [5.74, 6) is 6.78. The van der Waals surface area contributed by atoms with E-state index in [0.717, 1.165) is 12.4 Å². The number of nitrogen functional groups attached to an aromatic ring is 1. The van der Waals surface area contributed by atoms with Crippen LogP contribution in [-0.4, -0.2) is 33.8 Å². The van der Waals surface area contributed by atoms with Crippen molar-refractivity contribution >= 4 is 35.2 Å². The van der Waals surface area contributed by atoms with Crippen molar-refractivity contribution in [3.8, 4) is 0 Å². The Morgan fingerprint density at radius 2 is 1.94 bits per heavy atom. The fourth-order valence-electron chi connectivity index (χ4n) is 1.06. The summed E-state index contributed by atoms with van der Waals surface area (Å²) in [5, 5.41) is 4.00. The quantitative estimate of drug-likeness (QED) is 0.317. The van der Waals surface area contributed by atoms with Gasteiger partial charge in [-0.15, -0.1) is 0 Å². The van der Waals surface area contributed by atoms with Crippen molar-refractivity contribution in [2.45, 2.75) is 23.8 Å². The summed E-state index contributed by atoms with van der Waals surface area (Å²) in [5.41, 5.74) is 2.54. The minimum atomic E-state index is 0.167. The third kappa shape index (κ3) is 4.61. The summed E-state index contributed by atoms with van der Waals surface area (Å²) in [4.78, 5) is 8.58. The van der Waals surface area contributed by atoms with E-state index in [9.17, 15) is 0 Å². The van der Waals surface area contributed by atoms with Gasteiger partial charge in [0.25, 0.3) is 0 Å². The lowest BCUT2D eigenvalue weighted by atomic mass is 10.2. The predicted octanol–water partition coefficient (Wildman–Crippen LogP) is 2.04. The van der Waals surface area contributed by atoms with Gasteiger partial charge in [-0.3, -0.25) is 0 Å². The molecule has 1 heterocycles. The topological polar surface area (TPSA) is 75.9 Å². The molecule has 4 N–H and O–H groups in total. The van der Waals surface area contributed by atoms with Crippen molar-refractivity contribution in [3.05, 3.63) is 6.07 Å². The van der Waals surface area contributed by atoms with Crippen LogP contribution in [0.5, 0.6) is 0 Å². The van der Waals surface area contributed by atoms with Crippen molar-refractivity contribution in [3.63, 3.8) is 0 Å². The first-order valence-corrected chi connectivity index (χ1v) is 7.64. The lowest BCUT2D eigenvalue weighted by molar-refractivity contribution is 0.747. The molecule has 0 aromatic carbocycles. The SMILES string of the molecule is CSc1nc(NN)cc(NCC(C)(C)SC)n1. The van der Waals surface area contributed by atoms with Crippen LogP contribution in [-0.2, 0) is 0 Å². The van der Waals surface area contributed by atoms with Gasteiger partial charge in [0, 0.05) is 17.4 Å². The maximum Gasteiger partial charge on any atom is 0.191 e. The van der Waals surface area contributed by atoms with E-state index in [1.807, 2.05) is 18.0 Å². The van der Waals surface area contributed by atoms with Gasteiger partial charge in [-0.2, -0.15) is 11.8 Å². The highest BCUT2D eigenvalue weighted by molar-refractivity contribution is 8.00. The monoisotopic (exact) mass is 273 g/mol. The van der Waals surface area contributed by atoms with Gasteiger partial charge in [0.2, 0.25) is 0 Å². The molecular weight excluding hydrogens is 254 g/mol. The van der Waals surface area contributed by atoms with E-state index in [2.05, 4.69) is 40.8 Å². The molecule has 0 amide bonds. The minimum Gasteiger partial charge on any atom is -0.368 e. The number of hydrazine groups is 1. The molecule has 0 spiro atoms. The Morgan fingerprint density at radius 1 is 1.29 bits per heavy atom. The van der Waals surface area contributed by atoms with Crippen LogP contribution in [0.2, 0.25) is 0 Å². The second kappa shape index (κ2) is 6.32. The fourth-order valence-corrected chi connectivity index (χ4v) is 1.65. The second-order valence-electron chi connectivity index (χ2n) is 4.09. The standard InChI is InChI=1S/C10H19N5S2/c1-10(2,17-4)6-12-7-5-8(15-11)14-9(13-7)16-3/h5H,6,11H2,1-4H3,(H2,12,13,14,15). The van der Waals surface area contributed by atoms with Crippen molar-refractivity contribution in [2.75, 3.05) is 29.8 Å². The van der Waals surface area contributed by atoms with Gasteiger partial charge in [0.1, 0.15) is 11.6 Å². The summed E-state index contributed by atoms with van der Waals surface area (Å²) in [6, 6.07) is 1.80. The smallest absolute Gasteiger partial charge is 0.191 e. The highest BCUT2D eigenvalue weighted by atomic mass is 32.2. The van der Waals surface area contributed by atoms with E-state index in [4.69, 9.17) is 5.84 Å². The van der Waals surface area contributed by atoms with Crippen molar-refractivity contribution in [2.24, 2.45) is 5.84 Å². The highest BCUT2D eigenvalue weighted by Gasteiger charge is 2.16. The van der Waals surface area contributed by atoms with E-state index in [-0.39, 0.29) is 4.75 Å². The van der Waals surface area contributed by atoms with Gasteiger partial charge in [0.05, 0.1) is 0 Å². The molecular formula is C10H19N5S2. The first kappa shape index (κ1) is 14.4. The Morgan fingerprint density at radius 3 is 2.47 bits per heavy atom. The largest absolute Gasteiger partial charge is 0.368 e. The number of rotatable bonds is 6. The van der Waals surface area contributed by atoms with Crippen LogP contribution < -0.4 is 16.6 Å². The highest BCUT2D eigenvalue weighted by Crippen LogP contribution is 2.22. The zero-order valence-electron chi connectivity index (χ0n) is 10.6. The molecule has 7 heteroatoms. The van der Waals surface area contributed by atoms with Gasteiger partial charge in [-0.1, -0.05) is 11.8 Å². The van der Waals surface area contributed by atoms with Crippen LogP contribution in [0.25, 0.3) is 0 Å². The van der Waals surface area contributed by atoms with E-state index in [1.54, 1.807) is 6.07 Å². The molecule has 0 aliphatic carbocycles. The summed E-state index contributed by atoms with van der Waals surface area (Å²) < 4.78 is 0.167. The number of hydrogen-bond acceptors (Lipinski definition) is 7. The zero-order chi connectivity index (χ0) is 12.9. The van der Waals surface area contributed by atoms with E-state index in [0.29, 0.717) is 11.0 Å².